The van der Waals surface area contributed by atoms with Gasteiger partial charge in [0, 0.05) is 24.7 Å². The number of piperidine rings is 1. The fraction of sp³-hybridized carbons (Fsp3) is 0.588. The van der Waals surface area contributed by atoms with Crippen LogP contribution in [-0.2, 0) is 12.8 Å². The Hall–Kier alpha value is -1.35. The Balaban J connectivity index is 1.80. The predicted molar refractivity (Wildman–Crippen MR) is 81.1 cm³/mol. The Morgan fingerprint density at radius 3 is 2.95 bits per heavy atom. The van der Waals surface area contributed by atoms with Gasteiger partial charge in [-0.1, -0.05) is 6.07 Å². The molecule has 1 saturated heterocycles. The molecule has 0 bridgehead atoms. The van der Waals surface area contributed by atoms with E-state index in [4.69, 9.17) is 0 Å². The van der Waals surface area contributed by atoms with Gasteiger partial charge in [-0.15, -0.1) is 0 Å². The Labute approximate surface area is 121 Å². The molecule has 1 fully saturated rings. The van der Waals surface area contributed by atoms with Crippen LogP contribution >= 0.6 is 0 Å². The molecule has 1 unspecified atom stereocenters. The van der Waals surface area contributed by atoms with E-state index < -0.39 is 0 Å². The molecule has 20 heavy (non-hydrogen) atoms. The molecule has 0 saturated carbocycles. The van der Waals surface area contributed by atoms with Crippen LogP contribution in [0.4, 0.5) is 0 Å². The number of amides is 1. The highest BCUT2D eigenvalue weighted by Gasteiger charge is 2.27. The predicted octanol–water partition coefficient (Wildman–Crippen LogP) is 2.39. The maximum atomic E-state index is 12.8. The molecule has 1 aromatic carbocycles. The van der Waals surface area contributed by atoms with Crippen molar-refractivity contribution in [2.75, 3.05) is 20.1 Å². The summed E-state index contributed by atoms with van der Waals surface area (Å²) in [5.41, 5.74) is 3.71. The molecule has 0 radical (unpaired) electrons. The first-order chi connectivity index (χ1) is 9.79. The lowest BCUT2D eigenvalue weighted by Gasteiger charge is -2.36. The lowest BCUT2D eigenvalue weighted by Crippen LogP contribution is -2.48. The van der Waals surface area contributed by atoms with Gasteiger partial charge in [0.25, 0.3) is 5.91 Å². The number of hydrogen-bond acceptors (Lipinski definition) is 2. The van der Waals surface area contributed by atoms with Crippen molar-refractivity contribution in [1.29, 1.82) is 0 Å². The van der Waals surface area contributed by atoms with Crippen LogP contribution in [0.5, 0.6) is 0 Å². The van der Waals surface area contributed by atoms with Crippen LogP contribution in [-0.4, -0.2) is 37.0 Å². The number of carbonyl (C=O) groups is 1. The molecule has 108 valence electrons. The van der Waals surface area contributed by atoms with E-state index in [1.807, 2.05) is 13.1 Å². The van der Waals surface area contributed by atoms with Crippen LogP contribution in [0.15, 0.2) is 18.2 Å². The molecule has 1 aliphatic heterocycles. The second-order valence-electron chi connectivity index (χ2n) is 6.04. The van der Waals surface area contributed by atoms with E-state index in [1.54, 1.807) is 0 Å². The van der Waals surface area contributed by atoms with Gasteiger partial charge in [0.15, 0.2) is 0 Å². The number of carbonyl (C=O) groups excluding carboxylic acids is 1. The van der Waals surface area contributed by atoms with Crippen molar-refractivity contribution >= 4 is 5.91 Å². The number of aryl methyl sites for hydroxylation is 2. The van der Waals surface area contributed by atoms with Gasteiger partial charge in [-0.05, 0) is 68.8 Å². The summed E-state index contributed by atoms with van der Waals surface area (Å²) in [6, 6.07) is 6.68. The molecule has 2 aliphatic rings. The van der Waals surface area contributed by atoms with Crippen molar-refractivity contribution in [3.8, 4) is 0 Å². The zero-order valence-corrected chi connectivity index (χ0v) is 12.3. The first-order valence-corrected chi connectivity index (χ1v) is 7.87. The summed E-state index contributed by atoms with van der Waals surface area (Å²) in [6.45, 7) is 1.80. The van der Waals surface area contributed by atoms with Crippen molar-refractivity contribution in [3.05, 3.63) is 34.9 Å². The van der Waals surface area contributed by atoms with E-state index in [9.17, 15) is 4.79 Å². The maximum absolute atomic E-state index is 12.8. The minimum Gasteiger partial charge on any atom is -0.334 e. The standard InChI is InChI=1S/C17H24N2O/c1-18-12-16-7-2-3-10-19(16)17(20)15-9-8-13-5-4-6-14(13)11-15/h8-9,11,16,18H,2-7,10,12H2,1H3. The Bertz CT molecular complexity index is 496. The van der Waals surface area contributed by atoms with Crippen LogP contribution < -0.4 is 5.32 Å². The SMILES string of the molecule is CNCC1CCCCN1C(=O)c1ccc2c(c1)CCC2. The summed E-state index contributed by atoms with van der Waals surface area (Å²) in [4.78, 5) is 14.9. The molecule has 3 heteroatoms. The second kappa shape index (κ2) is 5.96. The molecule has 3 rings (SSSR count). The van der Waals surface area contributed by atoms with Gasteiger partial charge in [0.05, 0.1) is 0 Å². The van der Waals surface area contributed by atoms with Gasteiger partial charge in [0.1, 0.15) is 0 Å². The summed E-state index contributed by atoms with van der Waals surface area (Å²) >= 11 is 0. The van der Waals surface area contributed by atoms with Crippen molar-refractivity contribution in [3.63, 3.8) is 0 Å². The monoisotopic (exact) mass is 272 g/mol. The van der Waals surface area contributed by atoms with E-state index in [2.05, 4.69) is 22.3 Å². The molecule has 0 aromatic heterocycles. The molecule has 1 amide bonds. The molecule has 1 aliphatic carbocycles. The summed E-state index contributed by atoms with van der Waals surface area (Å²) in [7, 11) is 1.96. The van der Waals surface area contributed by atoms with Crippen LogP contribution in [0, 0.1) is 0 Å². The van der Waals surface area contributed by atoms with Crippen LogP contribution in [0.2, 0.25) is 0 Å². The maximum Gasteiger partial charge on any atom is 0.254 e. The van der Waals surface area contributed by atoms with Crippen molar-refractivity contribution in [1.82, 2.24) is 10.2 Å². The van der Waals surface area contributed by atoms with Gasteiger partial charge in [-0.2, -0.15) is 0 Å². The fourth-order valence-electron chi connectivity index (χ4n) is 3.59. The third kappa shape index (κ3) is 2.59. The number of hydrogen-bond donors (Lipinski definition) is 1. The van der Waals surface area contributed by atoms with E-state index >= 15 is 0 Å². The van der Waals surface area contributed by atoms with Gasteiger partial charge in [-0.3, -0.25) is 4.79 Å². The Morgan fingerprint density at radius 1 is 1.25 bits per heavy atom. The largest absolute Gasteiger partial charge is 0.334 e. The summed E-state index contributed by atoms with van der Waals surface area (Å²) in [5.74, 6) is 0.222. The zero-order chi connectivity index (χ0) is 13.9. The normalized spacial score (nSPS) is 21.9. The third-order valence-corrected chi connectivity index (χ3v) is 4.67. The van der Waals surface area contributed by atoms with E-state index in [1.165, 1.54) is 30.4 Å². The average molecular weight is 272 g/mol. The number of nitrogens with one attached hydrogen (secondary N) is 1. The third-order valence-electron chi connectivity index (χ3n) is 4.67. The quantitative estimate of drug-likeness (QED) is 0.916. The Kier molecular flexibility index (Phi) is 4.06. The topological polar surface area (TPSA) is 32.3 Å². The van der Waals surface area contributed by atoms with Crippen LogP contribution in [0.1, 0.15) is 47.2 Å². The molecule has 0 spiro atoms. The highest BCUT2D eigenvalue weighted by molar-refractivity contribution is 5.94. The number of likely N-dealkylation sites (N-methyl/N-ethyl adjacent to an activating group) is 1. The molecule has 1 aromatic rings. The van der Waals surface area contributed by atoms with Crippen molar-refractivity contribution < 1.29 is 4.79 Å². The number of fused-ring (bicyclic) bond motifs is 1. The lowest BCUT2D eigenvalue weighted by atomic mass is 9.99. The van der Waals surface area contributed by atoms with E-state index in [0.717, 1.165) is 37.9 Å². The summed E-state index contributed by atoms with van der Waals surface area (Å²) < 4.78 is 0. The molecule has 1 N–H and O–H groups in total. The van der Waals surface area contributed by atoms with Crippen molar-refractivity contribution in [2.24, 2.45) is 0 Å². The zero-order valence-electron chi connectivity index (χ0n) is 12.3. The van der Waals surface area contributed by atoms with Gasteiger partial charge in [-0.25, -0.2) is 0 Å². The number of nitrogens with zero attached hydrogens (tertiary/aromatic N) is 1. The van der Waals surface area contributed by atoms with Crippen molar-refractivity contribution in [2.45, 2.75) is 44.6 Å². The number of benzene rings is 1. The fourth-order valence-corrected chi connectivity index (χ4v) is 3.59. The minimum absolute atomic E-state index is 0.222. The van der Waals surface area contributed by atoms with E-state index in [0.29, 0.717) is 6.04 Å². The molecular formula is C17H24N2O. The highest BCUT2D eigenvalue weighted by Crippen LogP contribution is 2.25. The molecule has 3 nitrogen and oxygen atoms in total. The van der Waals surface area contributed by atoms with Gasteiger partial charge >= 0.3 is 0 Å². The molecule has 1 heterocycles. The molecular weight excluding hydrogens is 248 g/mol. The average Bonchev–Trinajstić information content (AvgIpc) is 2.95. The summed E-state index contributed by atoms with van der Waals surface area (Å²) in [6.07, 6.45) is 7.04. The second-order valence-corrected chi connectivity index (χ2v) is 6.04. The first kappa shape index (κ1) is 13.6. The minimum atomic E-state index is 0.222. The smallest absolute Gasteiger partial charge is 0.254 e. The summed E-state index contributed by atoms with van der Waals surface area (Å²) in [5, 5.41) is 3.22. The lowest BCUT2D eigenvalue weighted by molar-refractivity contribution is 0.0615. The Morgan fingerprint density at radius 2 is 2.10 bits per heavy atom. The van der Waals surface area contributed by atoms with Crippen LogP contribution in [0.3, 0.4) is 0 Å². The molecule has 1 atom stereocenters. The van der Waals surface area contributed by atoms with Gasteiger partial charge < -0.3 is 10.2 Å². The highest BCUT2D eigenvalue weighted by atomic mass is 16.2. The number of rotatable bonds is 3. The van der Waals surface area contributed by atoms with E-state index in [-0.39, 0.29) is 5.91 Å². The first-order valence-electron chi connectivity index (χ1n) is 7.87. The van der Waals surface area contributed by atoms with Gasteiger partial charge in [0.2, 0.25) is 0 Å². The number of likely N-dealkylation sites (tertiary alicyclic amines) is 1. The van der Waals surface area contributed by atoms with Crippen LogP contribution in [0.25, 0.3) is 0 Å².